The zero-order valence-electron chi connectivity index (χ0n) is 11.5. The minimum Gasteiger partial charge on any atom is -0.478 e. The Morgan fingerprint density at radius 2 is 2.11 bits per heavy atom. The molecule has 3 heteroatoms. The van der Waals surface area contributed by atoms with E-state index in [-0.39, 0.29) is 0 Å². The van der Waals surface area contributed by atoms with Crippen molar-refractivity contribution in [2.75, 3.05) is 11.4 Å². The van der Waals surface area contributed by atoms with Crippen molar-refractivity contribution >= 4 is 17.7 Å². The second kappa shape index (κ2) is 5.91. The van der Waals surface area contributed by atoms with Crippen LogP contribution in [-0.2, 0) is 4.79 Å². The van der Waals surface area contributed by atoms with E-state index in [0.717, 1.165) is 17.8 Å². The van der Waals surface area contributed by atoms with Crippen LogP contribution in [0.5, 0.6) is 0 Å². The van der Waals surface area contributed by atoms with Gasteiger partial charge in [0.15, 0.2) is 0 Å². The Morgan fingerprint density at radius 1 is 1.37 bits per heavy atom. The number of anilines is 1. The number of para-hydroxylation sites is 1. The molecule has 0 bridgehead atoms. The first-order valence-corrected chi connectivity index (χ1v) is 6.86. The van der Waals surface area contributed by atoms with Crippen LogP contribution < -0.4 is 4.90 Å². The number of piperidine rings is 1. The van der Waals surface area contributed by atoms with Crippen molar-refractivity contribution in [2.45, 2.75) is 32.7 Å². The van der Waals surface area contributed by atoms with Crippen LogP contribution in [0.15, 0.2) is 30.3 Å². The number of hydrogen-bond donors (Lipinski definition) is 1. The highest BCUT2D eigenvalue weighted by Gasteiger charge is 2.25. The molecular weight excluding hydrogens is 238 g/mol. The van der Waals surface area contributed by atoms with Gasteiger partial charge in [-0.2, -0.15) is 0 Å². The molecule has 1 heterocycles. The fourth-order valence-corrected chi connectivity index (χ4v) is 2.73. The number of hydrogen-bond acceptors (Lipinski definition) is 2. The molecular formula is C16H21NO2. The van der Waals surface area contributed by atoms with Gasteiger partial charge in [0.25, 0.3) is 0 Å². The Bertz CT molecular complexity index is 481. The Kier molecular flexibility index (Phi) is 4.25. The molecule has 2 rings (SSSR count). The molecule has 0 aliphatic carbocycles. The van der Waals surface area contributed by atoms with Crippen LogP contribution in [0.2, 0.25) is 0 Å². The third-order valence-electron chi connectivity index (χ3n) is 4.03. The molecule has 19 heavy (non-hydrogen) atoms. The maximum Gasteiger partial charge on any atom is 0.328 e. The maximum atomic E-state index is 10.7. The number of carbonyl (C=O) groups is 1. The van der Waals surface area contributed by atoms with Gasteiger partial charge in [0, 0.05) is 24.4 Å². The van der Waals surface area contributed by atoms with E-state index in [4.69, 9.17) is 5.11 Å². The predicted molar refractivity (Wildman–Crippen MR) is 78.3 cm³/mol. The molecule has 1 aromatic rings. The summed E-state index contributed by atoms with van der Waals surface area (Å²) in [6, 6.07) is 8.51. The molecule has 0 saturated carbocycles. The smallest absolute Gasteiger partial charge is 0.328 e. The van der Waals surface area contributed by atoms with Gasteiger partial charge in [-0.15, -0.1) is 0 Å². The third kappa shape index (κ3) is 3.16. The van der Waals surface area contributed by atoms with E-state index >= 15 is 0 Å². The van der Waals surface area contributed by atoms with Gasteiger partial charge in [-0.25, -0.2) is 4.79 Å². The molecule has 0 amide bonds. The van der Waals surface area contributed by atoms with Gasteiger partial charge in [0.05, 0.1) is 0 Å². The molecule has 1 fully saturated rings. The SMILES string of the molecule is CC1CCCN(c2ccccc2/C=C/C(=O)O)C1C. The molecule has 2 atom stereocenters. The standard InChI is InChI=1S/C16H21NO2/c1-12-6-5-11-17(13(12)2)15-8-4-3-7-14(15)9-10-16(18)19/h3-4,7-10,12-13H,5-6,11H2,1-2H3,(H,18,19)/b10-9+. The Hall–Kier alpha value is -1.77. The number of rotatable bonds is 3. The molecule has 1 saturated heterocycles. The predicted octanol–water partition coefficient (Wildman–Crippen LogP) is 3.41. The Balaban J connectivity index is 2.31. The monoisotopic (exact) mass is 259 g/mol. The van der Waals surface area contributed by atoms with Crippen molar-refractivity contribution in [3.05, 3.63) is 35.9 Å². The summed E-state index contributed by atoms with van der Waals surface area (Å²) in [5.74, 6) is -0.236. The van der Waals surface area contributed by atoms with E-state index in [2.05, 4.69) is 24.8 Å². The van der Waals surface area contributed by atoms with Crippen molar-refractivity contribution < 1.29 is 9.90 Å². The van der Waals surface area contributed by atoms with E-state index in [9.17, 15) is 4.79 Å². The van der Waals surface area contributed by atoms with E-state index in [0.29, 0.717) is 12.0 Å². The summed E-state index contributed by atoms with van der Waals surface area (Å²) in [6.07, 6.45) is 5.35. The first-order valence-electron chi connectivity index (χ1n) is 6.86. The molecule has 1 aromatic carbocycles. The second-order valence-corrected chi connectivity index (χ2v) is 5.28. The summed E-state index contributed by atoms with van der Waals surface area (Å²) in [5, 5.41) is 8.77. The molecule has 102 valence electrons. The average Bonchev–Trinajstić information content (AvgIpc) is 2.40. The van der Waals surface area contributed by atoms with Crippen LogP contribution in [0.3, 0.4) is 0 Å². The van der Waals surface area contributed by atoms with Crippen LogP contribution >= 0.6 is 0 Å². The minimum atomic E-state index is -0.908. The van der Waals surface area contributed by atoms with Gasteiger partial charge >= 0.3 is 5.97 Å². The number of nitrogens with zero attached hydrogens (tertiary/aromatic N) is 1. The third-order valence-corrected chi connectivity index (χ3v) is 4.03. The van der Waals surface area contributed by atoms with Crippen molar-refractivity contribution in [3.8, 4) is 0 Å². The average molecular weight is 259 g/mol. The highest BCUT2D eigenvalue weighted by atomic mass is 16.4. The number of aliphatic carboxylic acids is 1. The maximum absolute atomic E-state index is 10.7. The van der Waals surface area contributed by atoms with Gasteiger partial charge in [-0.1, -0.05) is 25.1 Å². The molecule has 0 aromatic heterocycles. The van der Waals surface area contributed by atoms with Gasteiger partial charge in [0.2, 0.25) is 0 Å². The lowest BCUT2D eigenvalue weighted by Gasteiger charge is -2.40. The lowest BCUT2D eigenvalue weighted by atomic mass is 9.91. The lowest BCUT2D eigenvalue weighted by molar-refractivity contribution is -0.131. The van der Waals surface area contributed by atoms with Crippen molar-refractivity contribution in [3.63, 3.8) is 0 Å². The van der Waals surface area contributed by atoms with E-state index < -0.39 is 5.97 Å². The zero-order chi connectivity index (χ0) is 13.8. The van der Waals surface area contributed by atoms with Gasteiger partial charge in [0.1, 0.15) is 0 Å². The normalized spacial score (nSPS) is 23.8. The Labute approximate surface area is 114 Å². The zero-order valence-corrected chi connectivity index (χ0v) is 11.5. The van der Waals surface area contributed by atoms with Gasteiger partial charge in [-0.3, -0.25) is 0 Å². The second-order valence-electron chi connectivity index (χ2n) is 5.28. The van der Waals surface area contributed by atoms with E-state index in [1.807, 2.05) is 18.2 Å². The number of carboxylic acid groups (broad SMARTS) is 1. The summed E-state index contributed by atoms with van der Waals surface area (Å²) in [5.41, 5.74) is 2.12. The fourth-order valence-electron chi connectivity index (χ4n) is 2.73. The summed E-state index contributed by atoms with van der Waals surface area (Å²) in [4.78, 5) is 13.1. The molecule has 3 nitrogen and oxygen atoms in total. The summed E-state index contributed by atoms with van der Waals surface area (Å²) >= 11 is 0. The first-order chi connectivity index (χ1) is 9.09. The first kappa shape index (κ1) is 13.7. The van der Waals surface area contributed by atoms with Crippen LogP contribution in [0.25, 0.3) is 6.08 Å². The van der Waals surface area contributed by atoms with E-state index in [1.54, 1.807) is 6.08 Å². The van der Waals surface area contributed by atoms with Gasteiger partial charge < -0.3 is 10.0 Å². The molecule has 2 unspecified atom stereocenters. The quantitative estimate of drug-likeness (QED) is 0.846. The van der Waals surface area contributed by atoms with Crippen LogP contribution in [-0.4, -0.2) is 23.7 Å². The van der Waals surface area contributed by atoms with Crippen molar-refractivity contribution in [2.24, 2.45) is 5.92 Å². The molecule has 1 aliphatic rings. The highest BCUT2D eigenvalue weighted by molar-refractivity contribution is 5.87. The minimum absolute atomic E-state index is 0.494. The van der Waals surface area contributed by atoms with Crippen molar-refractivity contribution in [1.29, 1.82) is 0 Å². The van der Waals surface area contributed by atoms with Gasteiger partial charge in [-0.05, 0) is 43.4 Å². The molecule has 0 spiro atoms. The van der Waals surface area contributed by atoms with Crippen LogP contribution in [0, 0.1) is 5.92 Å². The Morgan fingerprint density at radius 3 is 2.84 bits per heavy atom. The largest absolute Gasteiger partial charge is 0.478 e. The van der Waals surface area contributed by atoms with Crippen LogP contribution in [0.1, 0.15) is 32.3 Å². The van der Waals surface area contributed by atoms with Crippen LogP contribution in [0.4, 0.5) is 5.69 Å². The van der Waals surface area contributed by atoms with E-state index in [1.165, 1.54) is 18.9 Å². The summed E-state index contributed by atoms with van der Waals surface area (Å²) in [6.45, 7) is 5.58. The summed E-state index contributed by atoms with van der Waals surface area (Å²) in [7, 11) is 0. The molecule has 1 N–H and O–H groups in total. The topological polar surface area (TPSA) is 40.5 Å². The molecule has 1 aliphatic heterocycles. The van der Waals surface area contributed by atoms with Crippen molar-refractivity contribution in [1.82, 2.24) is 0 Å². The number of benzene rings is 1. The molecule has 0 radical (unpaired) electrons. The summed E-state index contributed by atoms with van der Waals surface area (Å²) < 4.78 is 0. The number of carboxylic acids is 1. The highest BCUT2D eigenvalue weighted by Crippen LogP contribution is 2.31. The lowest BCUT2D eigenvalue weighted by Crippen LogP contribution is -2.42. The fraction of sp³-hybridized carbons (Fsp3) is 0.438.